The van der Waals surface area contributed by atoms with Crippen molar-refractivity contribution < 1.29 is 0 Å². The highest BCUT2D eigenvalue weighted by molar-refractivity contribution is 9.10. The van der Waals surface area contributed by atoms with Crippen LogP contribution in [0.3, 0.4) is 0 Å². The molecule has 0 amide bonds. The van der Waals surface area contributed by atoms with Crippen molar-refractivity contribution in [2.75, 3.05) is 7.05 Å². The van der Waals surface area contributed by atoms with E-state index in [1.165, 1.54) is 60.5 Å². The van der Waals surface area contributed by atoms with Crippen molar-refractivity contribution >= 4 is 15.9 Å². The van der Waals surface area contributed by atoms with E-state index in [-0.39, 0.29) is 0 Å². The second-order valence-corrected chi connectivity index (χ2v) is 6.28. The maximum atomic E-state index is 3.68. The molecule has 0 saturated heterocycles. The lowest BCUT2D eigenvalue weighted by Gasteiger charge is -2.18. The van der Waals surface area contributed by atoms with Crippen LogP contribution in [0.1, 0.15) is 69.0 Å². The van der Waals surface area contributed by atoms with Crippen molar-refractivity contribution in [3.63, 3.8) is 0 Å². The van der Waals surface area contributed by atoms with E-state index in [4.69, 9.17) is 0 Å². The molecule has 1 unspecified atom stereocenters. The first-order chi connectivity index (χ1) is 9.19. The number of unbranched alkanes of at least 4 members (excludes halogenated alkanes) is 5. The van der Waals surface area contributed by atoms with Crippen LogP contribution in [-0.2, 0) is 0 Å². The molecule has 1 N–H and O–H groups in total. The zero-order valence-electron chi connectivity index (χ0n) is 12.6. The Morgan fingerprint density at radius 1 is 1.11 bits per heavy atom. The van der Waals surface area contributed by atoms with Crippen LogP contribution in [0.5, 0.6) is 0 Å². The fraction of sp³-hybridized carbons (Fsp3) is 0.647. The minimum Gasteiger partial charge on any atom is -0.313 e. The van der Waals surface area contributed by atoms with E-state index in [0.29, 0.717) is 6.04 Å². The molecule has 1 aromatic rings. The van der Waals surface area contributed by atoms with Crippen LogP contribution in [0.2, 0.25) is 0 Å². The minimum absolute atomic E-state index is 0.473. The van der Waals surface area contributed by atoms with Gasteiger partial charge in [-0.15, -0.1) is 0 Å². The molecule has 1 atom stereocenters. The van der Waals surface area contributed by atoms with E-state index in [1.807, 2.05) is 0 Å². The molecule has 0 aliphatic heterocycles. The van der Waals surface area contributed by atoms with Gasteiger partial charge >= 0.3 is 0 Å². The van der Waals surface area contributed by atoms with E-state index in [1.54, 1.807) is 0 Å². The summed E-state index contributed by atoms with van der Waals surface area (Å²) in [5, 5.41) is 3.46. The molecule has 0 heterocycles. The quantitative estimate of drug-likeness (QED) is 0.568. The van der Waals surface area contributed by atoms with Gasteiger partial charge in [0, 0.05) is 10.5 Å². The summed E-state index contributed by atoms with van der Waals surface area (Å²) in [7, 11) is 2.07. The molecule has 1 aromatic carbocycles. The Morgan fingerprint density at radius 2 is 1.79 bits per heavy atom. The number of benzene rings is 1. The van der Waals surface area contributed by atoms with Gasteiger partial charge in [-0.2, -0.15) is 0 Å². The number of nitrogens with one attached hydrogen (secondary N) is 1. The second-order valence-electron chi connectivity index (χ2n) is 5.42. The van der Waals surface area contributed by atoms with Gasteiger partial charge in [0.25, 0.3) is 0 Å². The van der Waals surface area contributed by atoms with Gasteiger partial charge in [0.1, 0.15) is 0 Å². The first-order valence-corrected chi connectivity index (χ1v) is 8.41. The average Bonchev–Trinajstić information content (AvgIpc) is 2.41. The van der Waals surface area contributed by atoms with E-state index in [2.05, 4.69) is 60.3 Å². The predicted octanol–water partition coefficient (Wildman–Crippen LogP) is 5.77. The highest BCUT2D eigenvalue weighted by Crippen LogP contribution is 2.28. The summed E-state index contributed by atoms with van der Waals surface area (Å²) in [5.41, 5.74) is 2.73. The normalized spacial score (nSPS) is 12.6. The zero-order valence-corrected chi connectivity index (χ0v) is 14.2. The molecule has 0 aliphatic rings. The summed E-state index contributed by atoms with van der Waals surface area (Å²) in [4.78, 5) is 0. The van der Waals surface area contributed by atoms with Gasteiger partial charge in [-0.25, -0.2) is 0 Å². The molecular formula is C17H28BrN. The molecule has 0 aliphatic carbocycles. The fourth-order valence-corrected chi connectivity index (χ4v) is 3.04. The summed E-state index contributed by atoms with van der Waals surface area (Å²) in [6, 6.07) is 7.09. The number of hydrogen-bond acceptors (Lipinski definition) is 1. The molecule has 0 aromatic heterocycles. The minimum atomic E-state index is 0.473. The third kappa shape index (κ3) is 6.09. The first-order valence-electron chi connectivity index (χ1n) is 7.62. The highest BCUT2D eigenvalue weighted by Gasteiger charge is 2.12. The Labute approximate surface area is 127 Å². The molecule has 2 heteroatoms. The Kier molecular flexibility index (Phi) is 8.40. The Morgan fingerprint density at radius 3 is 2.47 bits per heavy atom. The van der Waals surface area contributed by atoms with Crippen LogP contribution in [-0.4, -0.2) is 7.05 Å². The van der Waals surface area contributed by atoms with Gasteiger partial charge in [0.15, 0.2) is 0 Å². The van der Waals surface area contributed by atoms with Crippen LogP contribution < -0.4 is 5.32 Å². The summed E-state index contributed by atoms with van der Waals surface area (Å²) < 4.78 is 1.23. The molecule has 0 fully saturated rings. The lowest BCUT2D eigenvalue weighted by atomic mass is 9.98. The van der Waals surface area contributed by atoms with E-state index in [0.717, 1.165) is 0 Å². The number of hydrogen-bond donors (Lipinski definition) is 1. The van der Waals surface area contributed by atoms with Crippen LogP contribution >= 0.6 is 15.9 Å². The highest BCUT2D eigenvalue weighted by atomic mass is 79.9. The lowest BCUT2D eigenvalue weighted by Crippen LogP contribution is -2.17. The maximum Gasteiger partial charge on any atom is 0.0328 e. The van der Waals surface area contributed by atoms with Crippen LogP contribution in [0.4, 0.5) is 0 Å². The fourth-order valence-electron chi connectivity index (χ4n) is 2.51. The van der Waals surface area contributed by atoms with Gasteiger partial charge in [0.2, 0.25) is 0 Å². The Hall–Kier alpha value is -0.340. The lowest BCUT2D eigenvalue weighted by molar-refractivity contribution is 0.496. The molecular weight excluding hydrogens is 298 g/mol. The zero-order chi connectivity index (χ0) is 14.1. The van der Waals surface area contributed by atoms with Gasteiger partial charge < -0.3 is 5.32 Å². The summed E-state index contributed by atoms with van der Waals surface area (Å²) in [5.74, 6) is 0. The van der Waals surface area contributed by atoms with Crippen molar-refractivity contribution in [1.29, 1.82) is 0 Å². The third-order valence-electron chi connectivity index (χ3n) is 3.72. The van der Waals surface area contributed by atoms with Crippen molar-refractivity contribution in [3.05, 3.63) is 33.8 Å². The average molecular weight is 326 g/mol. The third-order valence-corrected chi connectivity index (χ3v) is 4.44. The van der Waals surface area contributed by atoms with Crippen molar-refractivity contribution in [1.82, 2.24) is 5.32 Å². The summed E-state index contributed by atoms with van der Waals surface area (Å²) >= 11 is 3.68. The molecule has 19 heavy (non-hydrogen) atoms. The topological polar surface area (TPSA) is 12.0 Å². The maximum absolute atomic E-state index is 3.68. The van der Waals surface area contributed by atoms with E-state index >= 15 is 0 Å². The van der Waals surface area contributed by atoms with Crippen molar-refractivity contribution in [2.45, 2.75) is 64.8 Å². The smallest absolute Gasteiger partial charge is 0.0328 e. The Bertz CT molecular complexity index is 362. The van der Waals surface area contributed by atoms with Crippen molar-refractivity contribution in [3.8, 4) is 0 Å². The number of halogens is 1. The molecule has 1 nitrogen and oxygen atoms in total. The molecule has 0 radical (unpaired) electrons. The molecule has 0 bridgehead atoms. The molecule has 1 rings (SSSR count). The van der Waals surface area contributed by atoms with Gasteiger partial charge in [-0.3, -0.25) is 0 Å². The molecule has 0 spiro atoms. The monoisotopic (exact) mass is 325 g/mol. The standard InChI is InChI=1S/C17H28BrN/c1-4-5-6-7-8-9-10-17(19-3)15-13-14(2)11-12-16(15)18/h11-13,17,19H,4-10H2,1-3H3. The molecule has 108 valence electrons. The summed E-state index contributed by atoms with van der Waals surface area (Å²) in [6.45, 7) is 4.43. The first kappa shape index (κ1) is 16.7. The molecule has 0 saturated carbocycles. The van der Waals surface area contributed by atoms with Gasteiger partial charge in [0.05, 0.1) is 0 Å². The van der Waals surface area contributed by atoms with Crippen LogP contribution in [0.15, 0.2) is 22.7 Å². The second kappa shape index (κ2) is 9.55. The predicted molar refractivity (Wildman–Crippen MR) is 88.7 cm³/mol. The van der Waals surface area contributed by atoms with Crippen molar-refractivity contribution in [2.24, 2.45) is 0 Å². The van der Waals surface area contributed by atoms with E-state index < -0.39 is 0 Å². The Balaban J connectivity index is 2.42. The SMILES string of the molecule is CCCCCCCCC(NC)c1cc(C)ccc1Br. The largest absolute Gasteiger partial charge is 0.313 e. The van der Waals surface area contributed by atoms with Gasteiger partial charge in [-0.1, -0.05) is 79.1 Å². The summed E-state index contributed by atoms with van der Waals surface area (Å²) in [6.07, 6.45) is 9.41. The van der Waals surface area contributed by atoms with Crippen LogP contribution in [0, 0.1) is 6.92 Å². The van der Waals surface area contributed by atoms with E-state index in [9.17, 15) is 0 Å². The number of aryl methyl sites for hydroxylation is 1. The number of rotatable bonds is 9. The van der Waals surface area contributed by atoms with Gasteiger partial charge in [-0.05, 0) is 32.0 Å². The van der Waals surface area contributed by atoms with Crippen LogP contribution in [0.25, 0.3) is 0 Å².